The quantitative estimate of drug-likeness (QED) is 0.758. The van der Waals surface area contributed by atoms with Gasteiger partial charge in [0.15, 0.2) is 0 Å². The molecule has 1 aromatic rings. The lowest BCUT2D eigenvalue weighted by atomic mass is 10.0. The fourth-order valence-corrected chi connectivity index (χ4v) is 2.17. The molecule has 4 heteroatoms. The zero-order valence-electron chi connectivity index (χ0n) is 11.8. The van der Waals surface area contributed by atoms with Crippen LogP contribution in [0.2, 0.25) is 0 Å². The molecule has 0 fully saturated rings. The lowest BCUT2D eigenvalue weighted by molar-refractivity contribution is -0.137. The summed E-state index contributed by atoms with van der Waals surface area (Å²) in [5.41, 5.74) is 1.16. The van der Waals surface area contributed by atoms with Crippen LogP contribution in [0.25, 0.3) is 0 Å². The summed E-state index contributed by atoms with van der Waals surface area (Å²) in [6.45, 7) is 4.12. The summed E-state index contributed by atoms with van der Waals surface area (Å²) < 4.78 is 5.32. The lowest BCUT2D eigenvalue weighted by Gasteiger charge is -2.20. The number of carbonyl (C=O) groups is 1. The maximum atomic E-state index is 10.5. The van der Waals surface area contributed by atoms with E-state index >= 15 is 0 Å². The van der Waals surface area contributed by atoms with Crippen LogP contribution in [-0.4, -0.2) is 30.3 Å². The lowest BCUT2D eigenvalue weighted by Crippen LogP contribution is -2.36. The zero-order valence-corrected chi connectivity index (χ0v) is 11.8. The number of benzene rings is 1. The Bertz CT molecular complexity index is 406. The molecule has 4 nitrogen and oxygen atoms in total. The van der Waals surface area contributed by atoms with Crippen LogP contribution in [-0.2, 0) is 11.2 Å². The second kappa shape index (κ2) is 7.79. The minimum Gasteiger partial charge on any atom is -0.496 e. The third kappa shape index (κ3) is 5.75. The van der Waals surface area contributed by atoms with E-state index in [2.05, 4.69) is 18.3 Å². The SMILES string of the molecule is COc1ccccc1CC(C)NC(C)CCC(=O)O. The van der Waals surface area contributed by atoms with Gasteiger partial charge in [0.2, 0.25) is 0 Å². The van der Waals surface area contributed by atoms with Crippen LogP contribution >= 0.6 is 0 Å². The van der Waals surface area contributed by atoms with Gasteiger partial charge in [-0.15, -0.1) is 0 Å². The van der Waals surface area contributed by atoms with Crippen molar-refractivity contribution >= 4 is 5.97 Å². The third-order valence-electron chi connectivity index (χ3n) is 3.08. The molecule has 2 N–H and O–H groups in total. The Morgan fingerprint density at radius 2 is 2.00 bits per heavy atom. The van der Waals surface area contributed by atoms with Crippen LogP contribution < -0.4 is 10.1 Å². The van der Waals surface area contributed by atoms with Gasteiger partial charge >= 0.3 is 5.97 Å². The molecule has 0 saturated heterocycles. The molecule has 0 saturated carbocycles. The molecule has 0 amide bonds. The summed E-state index contributed by atoms with van der Waals surface area (Å²) in [7, 11) is 1.67. The number of rotatable bonds is 8. The van der Waals surface area contributed by atoms with Gasteiger partial charge < -0.3 is 15.2 Å². The fourth-order valence-electron chi connectivity index (χ4n) is 2.17. The predicted octanol–water partition coefficient (Wildman–Crippen LogP) is 2.47. The van der Waals surface area contributed by atoms with Crippen molar-refractivity contribution in [3.63, 3.8) is 0 Å². The molecule has 19 heavy (non-hydrogen) atoms. The number of hydrogen-bond donors (Lipinski definition) is 2. The van der Waals surface area contributed by atoms with Gasteiger partial charge in [0.05, 0.1) is 7.11 Å². The van der Waals surface area contributed by atoms with Crippen molar-refractivity contribution in [3.05, 3.63) is 29.8 Å². The third-order valence-corrected chi connectivity index (χ3v) is 3.08. The summed E-state index contributed by atoms with van der Waals surface area (Å²) in [4.78, 5) is 10.5. The number of nitrogens with one attached hydrogen (secondary N) is 1. The van der Waals surface area contributed by atoms with Crippen LogP contribution in [0, 0.1) is 0 Å². The van der Waals surface area contributed by atoms with Gasteiger partial charge in [0, 0.05) is 18.5 Å². The molecule has 0 bridgehead atoms. The van der Waals surface area contributed by atoms with Crippen molar-refractivity contribution in [2.24, 2.45) is 0 Å². The van der Waals surface area contributed by atoms with Crippen molar-refractivity contribution in [2.75, 3.05) is 7.11 Å². The number of aliphatic carboxylic acids is 1. The summed E-state index contributed by atoms with van der Waals surface area (Å²) >= 11 is 0. The first-order valence-electron chi connectivity index (χ1n) is 6.62. The molecule has 2 atom stereocenters. The van der Waals surface area contributed by atoms with E-state index in [1.54, 1.807) is 7.11 Å². The smallest absolute Gasteiger partial charge is 0.303 e. The van der Waals surface area contributed by atoms with Crippen LogP contribution in [0.4, 0.5) is 0 Å². The molecule has 0 aliphatic heterocycles. The first-order chi connectivity index (χ1) is 9.02. The van der Waals surface area contributed by atoms with Gasteiger partial charge in [-0.2, -0.15) is 0 Å². The van der Waals surface area contributed by atoms with E-state index in [9.17, 15) is 4.79 Å². The summed E-state index contributed by atoms with van der Waals surface area (Å²) in [6, 6.07) is 8.43. The zero-order chi connectivity index (χ0) is 14.3. The average Bonchev–Trinajstić information content (AvgIpc) is 2.37. The van der Waals surface area contributed by atoms with E-state index in [0.29, 0.717) is 6.42 Å². The molecular formula is C15H23NO3. The molecule has 0 aliphatic carbocycles. The first kappa shape index (κ1) is 15.5. The number of para-hydroxylation sites is 1. The normalized spacial score (nSPS) is 13.8. The fraction of sp³-hybridized carbons (Fsp3) is 0.533. The van der Waals surface area contributed by atoms with Gasteiger partial charge in [0.25, 0.3) is 0 Å². The Morgan fingerprint density at radius 3 is 2.63 bits per heavy atom. The number of carboxylic acid groups (broad SMARTS) is 1. The molecule has 0 spiro atoms. The van der Waals surface area contributed by atoms with Crippen molar-refractivity contribution in [1.82, 2.24) is 5.32 Å². The van der Waals surface area contributed by atoms with E-state index in [1.165, 1.54) is 0 Å². The molecule has 0 heterocycles. The highest BCUT2D eigenvalue weighted by molar-refractivity contribution is 5.66. The van der Waals surface area contributed by atoms with Gasteiger partial charge in [-0.3, -0.25) is 4.79 Å². The minimum absolute atomic E-state index is 0.195. The number of carboxylic acids is 1. The molecule has 0 aromatic heterocycles. The summed E-state index contributed by atoms with van der Waals surface area (Å²) in [5, 5.41) is 12.1. The number of methoxy groups -OCH3 is 1. The van der Waals surface area contributed by atoms with Gasteiger partial charge in [0.1, 0.15) is 5.75 Å². The number of hydrogen-bond acceptors (Lipinski definition) is 3. The van der Waals surface area contributed by atoms with Crippen molar-refractivity contribution in [3.8, 4) is 5.75 Å². The maximum absolute atomic E-state index is 10.5. The second-order valence-electron chi connectivity index (χ2n) is 4.92. The molecular weight excluding hydrogens is 242 g/mol. The van der Waals surface area contributed by atoms with Crippen LogP contribution in [0.3, 0.4) is 0 Å². The van der Waals surface area contributed by atoms with Crippen LogP contribution in [0.5, 0.6) is 5.75 Å². The highest BCUT2D eigenvalue weighted by Crippen LogP contribution is 2.19. The Hall–Kier alpha value is -1.55. The Labute approximate surface area is 114 Å². The Balaban J connectivity index is 2.46. The predicted molar refractivity (Wildman–Crippen MR) is 75.6 cm³/mol. The first-order valence-corrected chi connectivity index (χ1v) is 6.62. The average molecular weight is 265 g/mol. The largest absolute Gasteiger partial charge is 0.496 e. The highest BCUT2D eigenvalue weighted by Gasteiger charge is 2.11. The topological polar surface area (TPSA) is 58.6 Å². The molecule has 1 rings (SSSR count). The van der Waals surface area contributed by atoms with Crippen LogP contribution in [0.15, 0.2) is 24.3 Å². The van der Waals surface area contributed by atoms with E-state index in [1.807, 2.05) is 25.1 Å². The molecule has 1 aromatic carbocycles. The van der Waals surface area contributed by atoms with E-state index in [-0.39, 0.29) is 18.5 Å². The molecule has 2 unspecified atom stereocenters. The van der Waals surface area contributed by atoms with Crippen molar-refractivity contribution in [2.45, 2.75) is 45.2 Å². The van der Waals surface area contributed by atoms with E-state index in [0.717, 1.165) is 17.7 Å². The van der Waals surface area contributed by atoms with Gasteiger partial charge in [-0.1, -0.05) is 18.2 Å². The standard InChI is InChI=1S/C15H23NO3/c1-11(8-9-15(17)18)16-12(2)10-13-6-4-5-7-14(13)19-3/h4-7,11-12,16H,8-10H2,1-3H3,(H,17,18). The monoisotopic (exact) mass is 265 g/mol. The molecule has 0 aliphatic rings. The second-order valence-corrected chi connectivity index (χ2v) is 4.92. The Kier molecular flexibility index (Phi) is 6.36. The van der Waals surface area contributed by atoms with Crippen LogP contribution in [0.1, 0.15) is 32.3 Å². The van der Waals surface area contributed by atoms with Gasteiger partial charge in [-0.05, 0) is 38.3 Å². The van der Waals surface area contributed by atoms with Crippen molar-refractivity contribution < 1.29 is 14.6 Å². The van der Waals surface area contributed by atoms with E-state index < -0.39 is 5.97 Å². The summed E-state index contributed by atoms with van der Waals surface area (Å²) in [5.74, 6) is 0.153. The Morgan fingerprint density at radius 1 is 1.32 bits per heavy atom. The van der Waals surface area contributed by atoms with E-state index in [4.69, 9.17) is 9.84 Å². The van der Waals surface area contributed by atoms with Gasteiger partial charge in [-0.25, -0.2) is 0 Å². The minimum atomic E-state index is -0.744. The molecule has 0 radical (unpaired) electrons. The summed E-state index contributed by atoms with van der Waals surface area (Å²) in [6.07, 6.45) is 1.71. The maximum Gasteiger partial charge on any atom is 0.303 e. The highest BCUT2D eigenvalue weighted by atomic mass is 16.5. The van der Waals surface area contributed by atoms with Crippen molar-refractivity contribution in [1.29, 1.82) is 0 Å². The number of ether oxygens (including phenoxy) is 1. The molecule has 106 valence electrons.